The number of aromatic amines is 1. The molecule has 32 heavy (non-hydrogen) atoms. The van der Waals surface area contributed by atoms with E-state index in [9.17, 15) is 18.9 Å². The van der Waals surface area contributed by atoms with Crippen LogP contribution in [0.5, 0.6) is 0 Å². The van der Waals surface area contributed by atoms with Gasteiger partial charge in [-0.15, -0.1) is 0 Å². The summed E-state index contributed by atoms with van der Waals surface area (Å²) < 4.78 is 25.7. The Kier molecular flexibility index (Phi) is 8.67. The van der Waals surface area contributed by atoms with E-state index >= 15 is 0 Å². The Labute approximate surface area is 184 Å². The highest BCUT2D eigenvalue weighted by atomic mass is 31.2. The summed E-state index contributed by atoms with van der Waals surface area (Å²) in [4.78, 5) is 46.1. The van der Waals surface area contributed by atoms with Gasteiger partial charge in [0, 0.05) is 6.54 Å². The number of anilines is 1. The van der Waals surface area contributed by atoms with Crippen LogP contribution in [-0.2, 0) is 30.2 Å². The first kappa shape index (κ1) is 25.7. The quantitative estimate of drug-likeness (QED) is 0.190. The third-order valence-electron chi connectivity index (χ3n) is 4.36. The lowest BCUT2D eigenvalue weighted by atomic mass is 10.3. The first-order chi connectivity index (χ1) is 14.9. The van der Waals surface area contributed by atoms with Crippen molar-refractivity contribution in [3.05, 3.63) is 16.7 Å². The zero-order valence-electron chi connectivity index (χ0n) is 18.7. The Hall–Kier alpha value is -2.60. The first-order valence-electron chi connectivity index (χ1n) is 10.1. The average Bonchev–Trinajstić information content (AvgIpc) is 3.07. The number of esters is 1. The minimum atomic E-state index is -3.51. The summed E-state index contributed by atoms with van der Waals surface area (Å²) in [6.07, 6.45) is 0.798. The van der Waals surface area contributed by atoms with Crippen LogP contribution in [0.3, 0.4) is 0 Å². The van der Waals surface area contributed by atoms with Gasteiger partial charge in [0.15, 0.2) is 11.2 Å². The molecule has 2 rings (SSSR count). The number of nitrogen functional groups attached to an aromatic ring is 1. The highest BCUT2D eigenvalue weighted by molar-refractivity contribution is 7.59. The fourth-order valence-corrected chi connectivity index (χ4v) is 4.85. The summed E-state index contributed by atoms with van der Waals surface area (Å²) in [5.41, 5.74) is 5.56. The Morgan fingerprint density at radius 3 is 2.53 bits per heavy atom. The van der Waals surface area contributed by atoms with Gasteiger partial charge in [0.2, 0.25) is 13.4 Å². The maximum atomic E-state index is 13.4. The van der Waals surface area contributed by atoms with Gasteiger partial charge in [-0.1, -0.05) is 0 Å². The van der Waals surface area contributed by atoms with Crippen molar-refractivity contribution in [2.24, 2.45) is 0 Å². The number of nitrogens with two attached hydrogens (primary N) is 1. The Balaban J connectivity index is 2.05. The molecule has 0 aliphatic heterocycles. The Morgan fingerprint density at radius 1 is 1.25 bits per heavy atom. The zero-order chi connectivity index (χ0) is 24.1. The van der Waals surface area contributed by atoms with Crippen LogP contribution in [0, 0.1) is 0 Å². The molecule has 2 heterocycles. The highest BCUT2D eigenvalue weighted by Crippen LogP contribution is 2.37. The van der Waals surface area contributed by atoms with E-state index in [2.05, 4.69) is 25.1 Å². The zero-order valence-corrected chi connectivity index (χ0v) is 19.6. The number of carbonyl (C=O) groups is 2. The fourth-order valence-electron chi connectivity index (χ4n) is 2.71. The predicted octanol–water partition coefficient (Wildman–Crippen LogP) is 0.366. The lowest BCUT2D eigenvalue weighted by Gasteiger charge is -2.26. The Morgan fingerprint density at radius 2 is 1.91 bits per heavy atom. The van der Waals surface area contributed by atoms with Gasteiger partial charge in [0.25, 0.3) is 5.56 Å². The van der Waals surface area contributed by atoms with Crippen LogP contribution in [0.15, 0.2) is 11.1 Å². The second kappa shape index (κ2) is 10.8. The lowest BCUT2D eigenvalue weighted by Crippen LogP contribution is -2.42. The molecule has 0 saturated carbocycles. The van der Waals surface area contributed by atoms with Gasteiger partial charge < -0.3 is 19.8 Å². The minimum absolute atomic E-state index is 0.0384. The normalized spacial score (nSPS) is 15.4. The van der Waals surface area contributed by atoms with Crippen molar-refractivity contribution < 1.29 is 23.6 Å². The van der Waals surface area contributed by atoms with Crippen molar-refractivity contribution in [1.82, 2.24) is 29.7 Å². The van der Waals surface area contributed by atoms with E-state index in [1.54, 1.807) is 25.3 Å². The first-order valence-corrected chi connectivity index (χ1v) is 11.9. The molecule has 0 fully saturated rings. The number of Topliss-reactive ketones (excluding diaryl/α,β-unsaturated/α-hetero) is 1. The second-order valence-corrected chi connectivity index (χ2v) is 9.89. The van der Waals surface area contributed by atoms with E-state index < -0.39 is 31.1 Å². The number of imidazole rings is 1. The van der Waals surface area contributed by atoms with Crippen molar-refractivity contribution in [3.63, 3.8) is 0 Å². The van der Waals surface area contributed by atoms with Gasteiger partial charge in [-0.25, -0.2) is 15.2 Å². The predicted molar refractivity (Wildman–Crippen MR) is 118 cm³/mol. The Bertz CT molecular complexity index is 1070. The van der Waals surface area contributed by atoms with Crippen molar-refractivity contribution in [1.29, 1.82) is 0 Å². The van der Waals surface area contributed by atoms with E-state index in [1.807, 2.05) is 0 Å². The van der Waals surface area contributed by atoms with Gasteiger partial charge in [-0.05, 0) is 34.6 Å². The minimum Gasteiger partial charge on any atom is -0.462 e. The number of hydrogen-bond acceptors (Lipinski definition) is 9. The van der Waals surface area contributed by atoms with Crippen molar-refractivity contribution in [2.75, 3.05) is 18.7 Å². The molecule has 13 nitrogen and oxygen atoms in total. The molecule has 0 bridgehead atoms. The van der Waals surface area contributed by atoms with E-state index in [1.165, 1.54) is 20.2 Å². The van der Waals surface area contributed by atoms with Crippen LogP contribution < -0.4 is 21.5 Å². The molecule has 0 aromatic carbocycles. The number of ether oxygens (including phenoxy) is 2. The summed E-state index contributed by atoms with van der Waals surface area (Å²) in [6, 6.07) is -1.61. The molecule has 178 valence electrons. The second-order valence-electron chi connectivity index (χ2n) is 7.64. The molecule has 2 aromatic heterocycles. The third kappa shape index (κ3) is 6.95. The van der Waals surface area contributed by atoms with E-state index in [0.717, 1.165) is 0 Å². The number of nitrogens with one attached hydrogen (secondary N) is 3. The molecule has 0 radical (unpaired) electrons. The summed E-state index contributed by atoms with van der Waals surface area (Å²) in [5.74, 6) is -0.831. The highest BCUT2D eigenvalue weighted by Gasteiger charge is 2.31. The number of ketones is 1. The van der Waals surface area contributed by atoms with E-state index in [4.69, 9.17) is 15.2 Å². The molecule has 2 aromatic rings. The fraction of sp³-hybridized carbons (Fsp3) is 0.611. The summed E-state index contributed by atoms with van der Waals surface area (Å²) in [6.45, 7) is 8.21. The summed E-state index contributed by atoms with van der Waals surface area (Å²) in [7, 11) is -3.51. The van der Waals surface area contributed by atoms with E-state index in [-0.39, 0.29) is 42.9 Å². The third-order valence-corrected chi connectivity index (χ3v) is 6.52. The van der Waals surface area contributed by atoms with Gasteiger partial charge >= 0.3 is 5.97 Å². The van der Waals surface area contributed by atoms with Crippen molar-refractivity contribution in [3.8, 4) is 0 Å². The standard InChI is InChI=1S/C18H30N7O6P/c1-10(2)31-17(28)12(4)24-32(29,23-11(3)13(5)26)9-30-7-6-25-8-20-14-15(25)21-18(19)22-16(14)27/h8,10-12H,6-7,9H2,1-5H3,(H2,23,24,29)(H3,19,21,22,27)/t11-,12-,32?/m1/s1. The SMILES string of the molecule is CC(=O)[C@@H](C)NP(=O)(COCCn1cnc2c(=O)[nH]c(N)nc21)N[C@H](C)C(=O)OC(C)C. The molecule has 1 unspecified atom stereocenters. The number of hydrogen-bond donors (Lipinski definition) is 4. The molecular weight excluding hydrogens is 441 g/mol. The molecule has 14 heteroatoms. The number of rotatable bonds is 12. The lowest BCUT2D eigenvalue weighted by molar-refractivity contribution is -0.149. The van der Waals surface area contributed by atoms with Crippen LogP contribution in [-0.4, -0.2) is 62.4 Å². The molecule has 3 atom stereocenters. The van der Waals surface area contributed by atoms with Crippen LogP contribution in [0.1, 0.15) is 34.6 Å². The number of aromatic nitrogens is 4. The molecule has 0 spiro atoms. The maximum Gasteiger partial charge on any atom is 0.323 e. The van der Waals surface area contributed by atoms with Gasteiger partial charge in [-0.3, -0.25) is 23.9 Å². The van der Waals surface area contributed by atoms with Gasteiger partial charge in [0.05, 0.1) is 25.1 Å². The summed E-state index contributed by atoms with van der Waals surface area (Å²) >= 11 is 0. The van der Waals surface area contributed by atoms with Gasteiger partial charge in [-0.2, -0.15) is 4.98 Å². The molecule has 0 amide bonds. The smallest absolute Gasteiger partial charge is 0.323 e. The largest absolute Gasteiger partial charge is 0.462 e. The van der Waals surface area contributed by atoms with Gasteiger partial charge in [0.1, 0.15) is 18.2 Å². The topological polar surface area (TPSA) is 183 Å². The summed E-state index contributed by atoms with van der Waals surface area (Å²) in [5, 5.41) is 5.46. The van der Waals surface area contributed by atoms with Crippen LogP contribution in [0.25, 0.3) is 11.2 Å². The monoisotopic (exact) mass is 471 g/mol. The number of nitrogens with zero attached hydrogens (tertiary/aromatic N) is 3. The molecule has 0 aliphatic carbocycles. The number of carbonyl (C=O) groups excluding carboxylic acids is 2. The number of fused-ring (bicyclic) bond motifs is 1. The number of H-pyrrole nitrogens is 1. The van der Waals surface area contributed by atoms with Crippen LogP contribution in [0.2, 0.25) is 0 Å². The average molecular weight is 471 g/mol. The van der Waals surface area contributed by atoms with Crippen LogP contribution >= 0.6 is 7.44 Å². The molecule has 5 N–H and O–H groups in total. The molecular formula is C18H30N7O6P. The van der Waals surface area contributed by atoms with Crippen molar-refractivity contribution in [2.45, 2.75) is 59.4 Å². The maximum absolute atomic E-state index is 13.4. The van der Waals surface area contributed by atoms with Crippen molar-refractivity contribution >= 4 is 36.3 Å². The van der Waals surface area contributed by atoms with E-state index in [0.29, 0.717) is 5.65 Å². The molecule has 0 aliphatic rings. The van der Waals surface area contributed by atoms with Crippen LogP contribution in [0.4, 0.5) is 5.95 Å². The molecule has 0 saturated heterocycles.